The molecule has 1 aromatic heterocycles. The first-order valence-corrected chi connectivity index (χ1v) is 12.0. The zero-order valence-electron chi connectivity index (χ0n) is 19.3. The van der Waals surface area contributed by atoms with Crippen molar-refractivity contribution in [3.8, 4) is 21.9 Å². The van der Waals surface area contributed by atoms with Gasteiger partial charge in [-0.15, -0.1) is 0 Å². The van der Waals surface area contributed by atoms with E-state index in [1.54, 1.807) is 35.2 Å². The van der Waals surface area contributed by atoms with E-state index in [2.05, 4.69) is 10.3 Å². The van der Waals surface area contributed by atoms with Gasteiger partial charge in [-0.3, -0.25) is 9.59 Å². The van der Waals surface area contributed by atoms with Gasteiger partial charge in [0.25, 0.3) is 11.8 Å². The fourth-order valence-corrected chi connectivity index (χ4v) is 5.57. The number of carbonyl (C=O) groups is 2. The fraction of sp³-hybridized carbons (Fsp3) is 0.320. The van der Waals surface area contributed by atoms with Crippen LogP contribution in [0.1, 0.15) is 27.3 Å². The predicted molar refractivity (Wildman–Crippen MR) is 130 cm³/mol. The summed E-state index contributed by atoms with van der Waals surface area (Å²) in [6.45, 7) is 0.900. The third-order valence-corrected chi connectivity index (χ3v) is 7.52. The predicted octanol–water partition coefficient (Wildman–Crippen LogP) is 3.44. The van der Waals surface area contributed by atoms with Crippen LogP contribution in [-0.4, -0.2) is 55.0 Å². The zero-order valence-corrected chi connectivity index (χ0v) is 20.1. The molecule has 1 saturated heterocycles. The van der Waals surface area contributed by atoms with Crippen molar-refractivity contribution in [1.29, 1.82) is 0 Å². The maximum absolute atomic E-state index is 13.8. The molecule has 1 saturated carbocycles. The van der Waals surface area contributed by atoms with Crippen molar-refractivity contribution < 1.29 is 23.5 Å². The van der Waals surface area contributed by atoms with Crippen molar-refractivity contribution in [2.24, 2.45) is 11.8 Å². The summed E-state index contributed by atoms with van der Waals surface area (Å²) >= 11 is 1.16. The number of amides is 2. The number of hydrogen-bond donors (Lipinski definition) is 2. The highest BCUT2D eigenvalue weighted by atomic mass is 32.1. The van der Waals surface area contributed by atoms with E-state index in [0.29, 0.717) is 52.4 Å². The molecular weight excluding hydrogens is 471 g/mol. The summed E-state index contributed by atoms with van der Waals surface area (Å²) in [6, 6.07) is 10.8. The monoisotopic (exact) mass is 496 g/mol. The Kier molecular flexibility index (Phi) is 6.06. The van der Waals surface area contributed by atoms with Gasteiger partial charge in [-0.2, -0.15) is 0 Å². The molecule has 0 radical (unpaired) electrons. The Balaban J connectivity index is 1.34. The number of nitrogen functional groups attached to an aromatic ring is 1. The van der Waals surface area contributed by atoms with Gasteiger partial charge in [-0.05, 0) is 48.1 Å². The molecule has 2 aromatic carbocycles. The topological polar surface area (TPSA) is 107 Å². The number of likely N-dealkylation sites (tertiary alicyclic amines) is 1. The molecule has 2 heterocycles. The number of aromatic nitrogens is 1. The molecule has 3 atom stereocenters. The smallest absolute Gasteiger partial charge is 0.274 e. The van der Waals surface area contributed by atoms with E-state index in [1.807, 2.05) is 0 Å². The number of benzene rings is 2. The standard InChI is InChI=1S/C25H25FN4O4S/c1-33-17-7-14(8-18(10-17)34-2)23(31)28-11-20-19-9-15(19)12-30(20)24(32)21-22(35-25(27)29-21)13-4-3-5-16(26)6-13/h3-8,10,15,19-20H,9,11-12H2,1-2H3,(H2,27,29)(H,28,31)/t15-,19?,20+/m0/s1. The highest BCUT2D eigenvalue weighted by molar-refractivity contribution is 7.19. The molecular formula is C25H25FN4O4S. The van der Waals surface area contributed by atoms with Gasteiger partial charge in [0, 0.05) is 24.7 Å². The first kappa shape index (κ1) is 23.1. The molecule has 0 bridgehead atoms. The van der Waals surface area contributed by atoms with E-state index in [-0.39, 0.29) is 28.7 Å². The third-order valence-electron chi connectivity index (χ3n) is 6.58. The van der Waals surface area contributed by atoms with E-state index in [1.165, 1.54) is 26.4 Å². The van der Waals surface area contributed by atoms with Gasteiger partial charge >= 0.3 is 0 Å². The number of hydrogen-bond acceptors (Lipinski definition) is 7. The van der Waals surface area contributed by atoms with Gasteiger partial charge in [-0.1, -0.05) is 23.5 Å². The van der Waals surface area contributed by atoms with Crippen LogP contribution in [0.15, 0.2) is 42.5 Å². The minimum atomic E-state index is -0.398. The molecule has 1 unspecified atom stereocenters. The summed E-state index contributed by atoms with van der Waals surface area (Å²) in [5.74, 6) is 0.828. The Morgan fingerprint density at radius 3 is 2.63 bits per heavy atom. The number of methoxy groups -OCH3 is 2. The summed E-state index contributed by atoms with van der Waals surface area (Å²) in [5.41, 5.74) is 7.12. The Bertz CT molecular complexity index is 1270. The number of fused-ring (bicyclic) bond motifs is 1. The van der Waals surface area contributed by atoms with Crippen LogP contribution in [0.3, 0.4) is 0 Å². The second-order valence-electron chi connectivity index (χ2n) is 8.74. The molecule has 3 N–H and O–H groups in total. The lowest BCUT2D eigenvalue weighted by Gasteiger charge is -2.27. The van der Waals surface area contributed by atoms with Crippen molar-refractivity contribution >= 4 is 28.3 Å². The summed E-state index contributed by atoms with van der Waals surface area (Å²) in [6.07, 6.45) is 1.02. The molecule has 0 spiro atoms. The van der Waals surface area contributed by atoms with Crippen molar-refractivity contribution in [2.45, 2.75) is 12.5 Å². The van der Waals surface area contributed by atoms with Crippen molar-refractivity contribution in [2.75, 3.05) is 33.0 Å². The fourth-order valence-electron chi connectivity index (χ4n) is 4.75. The van der Waals surface area contributed by atoms with E-state index in [0.717, 1.165) is 17.8 Å². The normalized spacial score (nSPS) is 20.3. The van der Waals surface area contributed by atoms with Crippen LogP contribution in [0.5, 0.6) is 11.5 Å². The van der Waals surface area contributed by atoms with Crippen LogP contribution in [0.4, 0.5) is 9.52 Å². The Morgan fingerprint density at radius 2 is 1.94 bits per heavy atom. The quantitative estimate of drug-likeness (QED) is 0.519. The maximum atomic E-state index is 13.8. The molecule has 35 heavy (non-hydrogen) atoms. The van der Waals surface area contributed by atoms with Gasteiger partial charge < -0.3 is 25.4 Å². The van der Waals surface area contributed by atoms with Gasteiger partial charge in [-0.25, -0.2) is 9.37 Å². The first-order valence-electron chi connectivity index (χ1n) is 11.2. The van der Waals surface area contributed by atoms with E-state index in [9.17, 15) is 14.0 Å². The number of nitrogens with two attached hydrogens (primary N) is 1. The van der Waals surface area contributed by atoms with Gasteiger partial charge in [0.1, 0.15) is 23.0 Å². The maximum Gasteiger partial charge on any atom is 0.274 e. The molecule has 1 aliphatic carbocycles. The third kappa shape index (κ3) is 4.53. The summed E-state index contributed by atoms with van der Waals surface area (Å²) in [4.78, 5) is 33.1. The van der Waals surface area contributed by atoms with Crippen LogP contribution in [0.25, 0.3) is 10.4 Å². The second kappa shape index (κ2) is 9.18. The number of ether oxygens (including phenoxy) is 2. The van der Waals surface area contributed by atoms with Crippen LogP contribution < -0.4 is 20.5 Å². The minimum Gasteiger partial charge on any atom is -0.497 e. The molecule has 1 aliphatic heterocycles. The van der Waals surface area contributed by atoms with Gasteiger partial charge in [0.2, 0.25) is 0 Å². The van der Waals surface area contributed by atoms with E-state index in [4.69, 9.17) is 15.2 Å². The summed E-state index contributed by atoms with van der Waals surface area (Å²) in [5, 5.41) is 3.20. The second-order valence-corrected chi connectivity index (χ2v) is 9.77. The molecule has 2 fully saturated rings. The molecule has 5 rings (SSSR count). The molecule has 182 valence electrons. The first-order chi connectivity index (χ1) is 16.9. The zero-order chi connectivity index (χ0) is 24.7. The van der Waals surface area contributed by atoms with Crippen LogP contribution in [0, 0.1) is 17.7 Å². The van der Waals surface area contributed by atoms with Crippen molar-refractivity contribution in [3.63, 3.8) is 0 Å². The number of carbonyl (C=O) groups excluding carboxylic acids is 2. The number of halogens is 1. The average molecular weight is 497 g/mol. The summed E-state index contributed by atoms with van der Waals surface area (Å²) < 4.78 is 24.3. The van der Waals surface area contributed by atoms with E-state index < -0.39 is 5.82 Å². The molecule has 10 heteroatoms. The number of piperidine rings is 1. The largest absolute Gasteiger partial charge is 0.497 e. The SMILES string of the molecule is COc1cc(OC)cc(C(=O)NC[C@@H]2C3C[C@H]3CN2C(=O)c2nc(N)sc2-c2cccc(F)c2)c1. The van der Waals surface area contributed by atoms with Gasteiger partial charge in [0.15, 0.2) is 5.13 Å². The van der Waals surface area contributed by atoms with Crippen LogP contribution in [0.2, 0.25) is 0 Å². The number of nitrogens with one attached hydrogen (secondary N) is 1. The Labute approximate surface area is 205 Å². The Hall–Kier alpha value is -3.66. The summed E-state index contributed by atoms with van der Waals surface area (Å²) in [7, 11) is 3.05. The van der Waals surface area contributed by atoms with Crippen molar-refractivity contribution in [1.82, 2.24) is 15.2 Å². The van der Waals surface area contributed by atoms with Crippen LogP contribution in [-0.2, 0) is 0 Å². The molecule has 3 aromatic rings. The number of thiazole rings is 1. The average Bonchev–Trinajstić information content (AvgIpc) is 3.38. The van der Waals surface area contributed by atoms with E-state index >= 15 is 0 Å². The number of rotatable bonds is 7. The van der Waals surface area contributed by atoms with Crippen LogP contribution >= 0.6 is 11.3 Å². The number of nitrogens with zero attached hydrogens (tertiary/aromatic N) is 2. The lowest BCUT2D eigenvalue weighted by molar-refractivity contribution is 0.0691. The van der Waals surface area contributed by atoms with Crippen molar-refractivity contribution in [3.05, 3.63) is 59.5 Å². The number of anilines is 1. The lowest BCUT2D eigenvalue weighted by Crippen LogP contribution is -2.45. The molecule has 2 amide bonds. The highest BCUT2D eigenvalue weighted by Gasteiger charge is 2.54. The highest BCUT2D eigenvalue weighted by Crippen LogP contribution is 2.50. The molecule has 2 aliphatic rings. The Morgan fingerprint density at radius 1 is 1.20 bits per heavy atom. The lowest BCUT2D eigenvalue weighted by atomic mass is 10.1. The minimum absolute atomic E-state index is 0.160. The van der Waals surface area contributed by atoms with Gasteiger partial charge in [0.05, 0.1) is 25.1 Å². The molecule has 8 nitrogen and oxygen atoms in total.